The van der Waals surface area contributed by atoms with E-state index in [1.807, 2.05) is 0 Å². The van der Waals surface area contributed by atoms with Gasteiger partial charge in [-0.15, -0.1) is 0 Å². The number of rotatable bonds is 5. The molecule has 30 heavy (non-hydrogen) atoms. The highest BCUT2D eigenvalue weighted by molar-refractivity contribution is 5.86. The van der Waals surface area contributed by atoms with Crippen LogP contribution in [0.15, 0.2) is 24.5 Å². The molecule has 1 heterocycles. The number of hydrogen-bond acceptors (Lipinski definition) is 3. The van der Waals surface area contributed by atoms with E-state index in [-0.39, 0.29) is 21.8 Å². The number of aromatic carboxylic acids is 1. The van der Waals surface area contributed by atoms with Crippen LogP contribution in [0.4, 0.5) is 0 Å². The van der Waals surface area contributed by atoms with Crippen molar-refractivity contribution < 1.29 is 9.90 Å². The number of nitrogens with zero attached hydrogens (tertiary/aromatic N) is 2. The summed E-state index contributed by atoms with van der Waals surface area (Å²) in [6.45, 7) is 14.0. The van der Waals surface area contributed by atoms with Crippen molar-refractivity contribution in [1.82, 2.24) is 9.97 Å². The fraction of sp³-hybridized carbons (Fsp3) is 0.577. The maximum atomic E-state index is 11.2. The highest BCUT2D eigenvalue weighted by Gasteiger charge is 2.51. The Bertz CT molecular complexity index is 987. The molecule has 4 rings (SSSR count). The van der Waals surface area contributed by atoms with Gasteiger partial charge in [0, 0.05) is 12.4 Å². The van der Waals surface area contributed by atoms with Crippen LogP contribution in [0, 0.1) is 12.8 Å². The fourth-order valence-corrected chi connectivity index (χ4v) is 5.68. The van der Waals surface area contributed by atoms with Crippen LogP contribution in [0.5, 0.6) is 0 Å². The second-order valence-electron chi connectivity index (χ2n) is 10.9. The molecule has 0 bridgehead atoms. The van der Waals surface area contributed by atoms with E-state index < -0.39 is 5.97 Å². The van der Waals surface area contributed by atoms with Crippen molar-refractivity contribution in [1.29, 1.82) is 0 Å². The van der Waals surface area contributed by atoms with Gasteiger partial charge >= 0.3 is 5.97 Å². The fourth-order valence-electron chi connectivity index (χ4n) is 5.68. The molecule has 1 aromatic heterocycles. The first-order chi connectivity index (χ1) is 14.0. The zero-order valence-electron chi connectivity index (χ0n) is 19.2. The lowest BCUT2D eigenvalue weighted by atomic mass is 9.59. The quantitative estimate of drug-likeness (QED) is 0.667. The predicted molar refractivity (Wildman–Crippen MR) is 119 cm³/mol. The molecule has 2 aliphatic rings. The van der Waals surface area contributed by atoms with Crippen LogP contribution in [-0.2, 0) is 16.2 Å². The van der Waals surface area contributed by atoms with E-state index in [9.17, 15) is 9.90 Å². The van der Waals surface area contributed by atoms with Gasteiger partial charge in [-0.1, -0.05) is 46.8 Å². The number of fused-ring (bicyclic) bond motifs is 1. The number of carboxylic acids is 1. The van der Waals surface area contributed by atoms with Gasteiger partial charge in [0.1, 0.15) is 5.82 Å². The highest BCUT2D eigenvalue weighted by atomic mass is 16.4. The lowest BCUT2D eigenvalue weighted by Crippen LogP contribution is -2.37. The van der Waals surface area contributed by atoms with Gasteiger partial charge in [0.2, 0.25) is 0 Å². The van der Waals surface area contributed by atoms with E-state index in [0.29, 0.717) is 5.92 Å². The number of benzene rings is 1. The summed E-state index contributed by atoms with van der Waals surface area (Å²) in [6, 6.07) is 4.89. The molecule has 4 heteroatoms. The average Bonchev–Trinajstić information content (AvgIpc) is 3.46. The van der Waals surface area contributed by atoms with E-state index in [0.717, 1.165) is 18.7 Å². The van der Waals surface area contributed by atoms with E-state index in [1.165, 1.54) is 53.9 Å². The first-order valence-electron chi connectivity index (χ1n) is 11.2. The van der Waals surface area contributed by atoms with E-state index in [4.69, 9.17) is 0 Å². The molecule has 0 amide bonds. The zero-order valence-corrected chi connectivity index (χ0v) is 19.2. The Morgan fingerprint density at radius 3 is 2.17 bits per heavy atom. The van der Waals surface area contributed by atoms with Gasteiger partial charge in [-0.2, -0.15) is 0 Å². The first-order valence-corrected chi connectivity index (χ1v) is 11.2. The summed E-state index contributed by atoms with van der Waals surface area (Å²) in [6.07, 6.45) is 8.55. The Morgan fingerprint density at radius 1 is 1.00 bits per heavy atom. The maximum absolute atomic E-state index is 11.2. The molecule has 0 aliphatic heterocycles. The molecular weight excluding hydrogens is 372 g/mol. The molecule has 160 valence electrons. The molecule has 2 aromatic rings. The van der Waals surface area contributed by atoms with Crippen molar-refractivity contribution in [3.8, 4) is 0 Å². The summed E-state index contributed by atoms with van der Waals surface area (Å²) in [5, 5.41) is 9.19. The topological polar surface area (TPSA) is 63.1 Å². The summed E-state index contributed by atoms with van der Waals surface area (Å²) in [4.78, 5) is 20.2. The summed E-state index contributed by atoms with van der Waals surface area (Å²) in [5.74, 6) is 0.426. The molecule has 0 radical (unpaired) electrons. The summed E-state index contributed by atoms with van der Waals surface area (Å²) in [7, 11) is 0. The first kappa shape index (κ1) is 21.0. The minimum absolute atomic E-state index is 0.142. The minimum Gasteiger partial charge on any atom is -0.478 e. The molecule has 1 aromatic carbocycles. The number of aromatic nitrogens is 2. The van der Waals surface area contributed by atoms with Gasteiger partial charge in [0.25, 0.3) is 0 Å². The van der Waals surface area contributed by atoms with Crippen LogP contribution in [-0.4, -0.2) is 21.0 Å². The second-order valence-corrected chi connectivity index (χ2v) is 10.9. The third-order valence-electron chi connectivity index (χ3n) is 7.50. The maximum Gasteiger partial charge on any atom is 0.338 e. The minimum atomic E-state index is -0.983. The predicted octanol–water partition coefficient (Wildman–Crippen LogP) is 5.94. The number of hydrogen-bond donors (Lipinski definition) is 1. The van der Waals surface area contributed by atoms with Gasteiger partial charge in [0.05, 0.1) is 11.0 Å². The Labute approximate surface area is 180 Å². The van der Waals surface area contributed by atoms with Crippen LogP contribution >= 0.6 is 0 Å². The molecular formula is C26H34N2O2. The average molecular weight is 407 g/mol. The lowest BCUT2D eigenvalue weighted by Gasteiger charge is -2.45. The smallest absolute Gasteiger partial charge is 0.338 e. The van der Waals surface area contributed by atoms with Gasteiger partial charge in [-0.3, -0.25) is 0 Å². The van der Waals surface area contributed by atoms with Crippen molar-refractivity contribution in [3.63, 3.8) is 0 Å². The zero-order chi connectivity index (χ0) is 21.9. The standard InChI is InChI=1S/C26H34N2O2/c1-16(2)13-25(6)8-7-24(4,5)20-11-17(3)19(12-21(20)25)26(9-10-26)23-27-14-18(15-28-23)22(29)30/h11-12,14-16H,7-10,13H2,1-6H3,(H,29,30). The number of carbonyl (C=O) groups is 1. The SMILES string of the molecule is Cc1cc2c(cc1C1(c3ncc(C(=O)O)cn3)CC1)C(C)(CC(C)C)CCC2(C)C. The lowest BCUT2D eigenvalue weighted by molar-refractivity contribution is 0.0696. The molecule has 1 fully saturated rings. The Balaban J connectivity index is 1.84. The van der Waals surface area contributed by atoms with Crippen molar-refractivity contribution in [2.75, 3.05) is 0 Å². The molecule has 1 N–H and O–H groups in total. The van der Waals surface area contributed by atoms with Crippen LogP contribution in [0.25, 0.3) is 0 Å². The van der Waals surface area contributed by atoms with Crippen molar-refractivity contribution >= 4 is 5.97 Å². The van der Waals surface area contributed by atoms with Gasteiger partial charge in [-0.25, -0.2) is 14.8 Å². The summed E-state index contributed by atoms with van der Waals surface area (Å²) < 4.78 is 0. The van der Waals surface area contributed by atoms with E-state index in [2.05, 4.69) is 63.6 Å². The van der Waals surface area contributed by atoms with Crippen LogP contribution in [0.1, 0.15) is 105 Å². The summed E-state index contributed by atoms with van der Waals surface area (Å²) >= 11 is 0. The number of carboxylic acid groups (broad SMARTS) is 1. The molecule has 1 atom stereocenters. The normalized spacial score (nSPS) is 23.8. The van der Waals surface area contributed by atoms with Crippen molar-refractivity contribution in [2.24, 2.45) is 5.92 Å². The van der Waals surface area contributed by atoms with Gasteiger partial charge < -0.3 is 5.11 Å². The van der Waals surface area contributed by atoms with Crippen LogP contribution in [0.3, 0.4) is 0 Å². The molecule has 1 saturated carbocycles. The Hall–Kier alpha value is -2.23. The molecule has 1 unspecified atom stereocenters. The van der Waals surface area contributed by atoms with Crippen LogP contribution < -0.4 is 0 Å². The highest BCUT2D eigenvalue weighted by Crippen LogP contribution is 2.56. The molecule has 2 aliphatic carbocycles. The third kappa shape index (κ3) is 3.34. The van der Waals surface area contributed by atoms with E-state index in [1.54, 1.807) is 0 Å². The largest absolute Gasteiger partial charge is 0.478 e. The van der Waals surface area contributed by atoms with Crippen molar-refractivity contribution in [3.05, 3.63) is 58.2 Å². The summed E-state index contributed by atoms with van der Waals surface area (Å²) in [5.41, 5.74) is 5.98. The van der Waals surface area contributed by atoms with Gasteiger partial charge in [-0.05, 0) is 78.0 Å². The van der Waals surface area contributed by atoms with Crippen LogP contribution in [0.2, 0.25) is 0 Å². The third-order valence-corrected chi connectivity index (χ3v) is 7.50. The molecule has 0 saturated heterocycles. The Morgan fingerprint density at radius 2 is 1.63 bits per heavy atom. The molecule has 4 nitrogen and oxygen atoms in total. The van der Waals surface area contributed by atoms with E-state index >= 15 is 0 Å². The van der Waals surface area contributed by atoms with Crippen molar-refractivity contribution in [2.45, 2.75) is 89.9 Å². The molecule has 0 spiro atoms. The second kappa shape index (κ2) is 6.90. The monoisotopic (exact) mass is 406 g/mol. The van der Waals surface area contributed by atoms with Gasteiger partial charge in [0.15, 0.2) is 0 Å². The number of aryl methyl sites for hydroxylation is 1. The Kier molecular flexibility index (Phi) is 4.83.